The van der Waals surface area contributed by atoms with E-state index in [2.05, 4.69) is 0 Å². The summed E-state index contributed by atoms with van der Waals surface area (Å²) in [5, 5.41) is 0. The van der Waals surface area contributed by atoms with Crippen molar-refractivity contribution in [3.8, 4) is 11.5 Å². The number of hydrogen-bond donors (Lipinski definition) is 0. The lowest BCUT2D eigenvalue weighted by molar-refractivity contribution is 0.296. The molecule has 0 aliphatic carbocycles. The summed E-state index contributed by atoms with van der Waals surface area (Å²) < 4.78 is 24.0. The SMILES string of the molecule is COc1ccccc1COc1ccc(F)c(C)c1. The third kappa shape index (κ3) is 2.80. The predicted octanol–water partition coefficient (Wildman–Crippen LogP) is 3.72. The first kappa shape index (κ1) is 12.4. The van der Waals surface area contributed by atoms with E-state index in [9.17, 15) is 4.39 Å². The van der Waals surface area contributed by atoms with Crippen molar-refractivity contribution in [1.82, 2.24) is 0 Å². The van der Waals surface area contributed by atoms with E-state index < -0.39 is 0 Å². The second-order valence-corrected chi connectivity index (χ2v) is 4.01. The molecule has 0 fully saturated rings. The van der Waals surface area contributed by atoms with Gasteiger partial charge in [0.05, 0.1) is 7.11 Å². The van der Waals surface area contributed by atoms with Crippen LogP contribution in [0.25, 0.3) is 0 Å². The van der Waals surface area contributed by atoms with Gasteiger partial charge in [0.2, 0.25) is 0 Å². The molecule has 2 aromatic carbocycles. The van der Waals surface area contributed by atoms with Crippen molar-refractivity contribution in [1.29, 1.82) is 0 Å². The molecule has 0 bridgehead atoms. The first-order valence-electron chi connectivity index (χ1n) is 5.71. The van der Waals surface area contributed by atoms with Crippen LogP contribution in [0.3, 0.4) is 0 Å². The van der Waals surface area contributed by atoms with Gasteiger partial charge in [-0.1, -0.05) is 18.2 Å². The topological polar surface area (TPSA) is 18.5 Å². The number of aryl methyl sites for hydroxylation is 1. The van der Waals surface area contributed by atoms with Crippen LogP contribution in [0.5, 0.6) is 11.5 Å². The number of ether oxygens (including phenoxy) is 2. The monoisotopic (exact) mass is 246 g/mol. The molecule has 0 amide bonds. The fraction of sp³-hybridized carbons (Fsp3) is 0.200. The first-order valence-corrected chi connectivity index (χ1v) is 5.71. The Hall–Kier alpha value is -2.03. The lowest BCUT2D eigenvalue weighted by atomic mass is 10.2. The van der Waals surface area contributed by atoms with Crippen LogP contribution in [0, 0.1) is 12.7 Å². The van der Waals surface area contributed by atoms with E-state index in [1.165, 1.54) is 6.07 Å². The Morgan fingerprint density at radius 1 is 1.11 bits per heavy atom. The van der Waals surface area contributed by atoms with Crippen LogP contribution in [-0.2, 0) is 6.61 Å². The molecule has 94 valence electrons. The van der Waals surface area contributed by atoms with Gasteiger partial charge in [-0.05, 0) is 36.8 Å². The minimum absolute atomic E-state index is 0.223. The van der Waals surface area contributed by atoms with Crippen LogP contribution in [-0.4, -0.2) is 7.11 Å². The fourth-order valence-electron chi connectivity index (χ4n) is 1.69. The van der Waals surface area contributed by atoms with Gasteiger partial charge in [0, 0.05) is 5.56 Å². The number of rotatable bonds is 4. The zero-order valence-corrected chi connectivity index (χ0v) is 10.4. The van der Waals surface area contributed by atoms with E-state index in [4.69, 9.17) is 9.47 Å². The van der Waals surface area contributed by atoms with E-state index in [0.29, 0.717) is 17.9 Å². The van der Waals surface area contributed by atoms with Crippen LogP contribution in [0.15, 0.2) is 42.5 Å². The highest BCUT2D eigenvalue weighted by Gasteiger charge is 2.04. The van der Waals surface area contributed by atoms with Crippen LogP contribution >= 0.6 is 0 Å². The van der Waals surface area contributed by atoms with Gasteiger partial charge in [0.1, 0.15) is 23.9 Å². The Kier molecular flexibility index (Phi) is 3.82. The number of para-hydroxylation sites is 1. The molecule has 0 aromatic heterocycles. The zero-order chi connectivity index (χ0) is 13.0. The molecule has 3 heteroatoms. The molecular formula is C15H15FO2. The average molecular weight is 246 g/mol. The number of methoxy groups -OCH3 is 1. The maximum atomic E-state index is 13.1. The highest BCUT2D eigenvalue weighted by molar-refractivity contribution is 5.34. The second-order valence-electron chi connectivity index (χ2n) is 4.01. The highest BCUT2D eigenvalue weighted by Crippen LogP contribution is 2.21. The molecule has 0 saturated carbocycles. The van der Waals surface area contributed by atoms with Crippen LogP contribution in [0.4, 0.5) is 4.39 Å². The van der Waals surface area contributed by atoms with E-state index in [-0.39, 0.29) is 5.82 Å². The van der Waals surface area contributed by atoms with E-state index in [1.807, 2.05) is 24.3 Å². The van der Waals surface area contributed by atoms with Crippen molar-refractivity contribution in [2.24, 2.45) is 0 Å². The molecule has 18 heavy (non-hydrogen) atoms. The third-order valence-corrected chi connectivity index (χ3v) is 2.72. The minimum Gasteiger partial charge on any atom is -0.496 e. The fourth-order valence-corrected chi connectivity index (χ4v) is 1.69. The van der Waals surface area contributed by atoms with Gasteiger partial charge in [0.25, 0.3) is 0 Å². The van der Waals surface area contributed by atoms with Gasteiger partial charge in [-0.3, -0.25) is 0 Å². The van der Waals surface area contributed by atoms with Crippen molar-refractivity contribution in [3.05, 3.63) is 59.4 Å². The highest BCUT2D eigenvalue weighted by atomic mass is 19.1. The third-order valence-electron chi connectivity index (χ3n) is 2.72. The molecule has 0 radical (unpaired) electrons. The molecule has 0 heterocycles. The Bertz CT molecular complexity index is 538. The van der Waals surface area contributed by atoms with Crippen molar-refractivity contribution in [2.45, 2.75) is 13.5 Å². The smallest absolute Gasteiger partial charge is 0.126 e. The van der Waals surface area contributed by atoms with E-state index in [1.54, 1.807) is 26.2 Å². The number of halogens is 1. The molecule has 0 aliphatic rings. The van der Waals surface area contributed by atoms with Crippen LogP contribution < -0.4 is 9.47 Å². The lowest BCUT2D eigenvalue weighted by Crippen LogP contribution is -1.99. The van der Waals surface area contributed by atoms with Crippen molar-refractivity contribution < 1.29 is 13.9 Å². The second kappa shape index (κ2) is 5.54. The normalized spacial score (nSPS) is 10.2. The Balaban J connectivity index is 2.09. The predicted molar refractivity (Wildman–Crippen MR) is 68.5 cm³/mol. The molecular weight excluding hydrogens is 231 g/mol. The van der Waals surface area contributed by atoms with Crippen molar-refractivity contribution in [3.63, 3.8) is 0 Å². The molecule has 0 aliphatic heterocycles. The largest absolute Gasteiger partial charge is 0.496 e. The molecule has 2 aromatic rings. The van der Waals surface area contributed by atoms with Crippen molar-refractivity contribution >= 4 is 0 Å². The first-order chi connectivity index (χ1) is 8.70. The Labute approximate surface area is 106 Å². The van der Waals surface area contributed by atoms with Crippen molar-refractivity contribution in [2.75, 3.05) is 7.11 Å². The maximum absolute atomic E-state index is 13.1. The molecule has 0 saturated heterocycles. The number of benzene rings is 2. The van der Waals surface area contributed by atoms with Gasteiger partial charge in [-0.15, -0.1) is 0 Å². The van der Waals surface area contributed by atoms with Gasteiger partial charge < -0.3 is 9.47 Å². The van der Waals surface area contributed by atoms with Crippen LogP contribution in [0.1, 0.15) is 11.1 Å². The molecule has 0 N–H and O–H groups in total. The summed E-state index contributed by atoms with van der Waals surface area (Å²) in [6.07, 6.45) is 0. The van der Waals surface area contributed by atoms with E-state index >= 15 is 0 Å². The van der Waals surface area contributed by atoms with Gasteiger partial charge in [0.15, 0.2) is 0 Å². The molecule has 0 spiro atoms. The van der Waals surface area contributed by atoms with Gasteiger partial charge in [-0.2, -0.15) is 0 Å². The van der Waals surface area contributed by atoms with Gasteiger partial charge in [-0.25, -0.2) is 4.39 Å². The Morgan fingerprint density at radius 3 is 2.61 bits per heavy atom. The molecule has 2 nitrogen and oxygen atoms in total. The average Bonchev–Trinajstić information content (AvgIpc) is 2.40. The molecule has 0 atom stereocenters. The lowest BCUT2D eigenvalue weighted by Gasteiger charge is -2.10. The summed E-state index contributed by atoms with van der Waals surface area (Å²) >= 11 is 0. The Morgan fingerprint density at radius 2 is 1.89 bits per heavy atom. The summed E-state index contributed by atoms with van der Waals surface area (Å²) in [5.74, 6) is 1.22. The standard InChI is InChI=1S/C15H15FO2/c1-11-9-13(7-8-14(11)16)18-10-12-5-3-4-6-15(12)17-2/h3-9H,10H2,1-2H3. The molecule has 0 unspecified atom stereocenters. The summed E-state index contributed by atoms with van der Waals surface area (Å²) in [6.45, 7) is 2.11. The number of hydrogen-bond acceptors (Lipinski definition) is 2. The quantitative estimate of drug-likeness (QED) is 0.818. The maximum Gasteiger partial charge on any atom is 0.126 e. The summed E-state index contributed by atoms with van der Waals surface area (Å²) in [7, 11) is 1.63. The summed E-state index contributed by atoms with van der Waals surface area (Å²) in [5.41, 5.74) is 1.54. The molecule has 2 rings (SSSR count). The summed E-state index contributed by atoms with van der Waals surface area (Å²) in [6, 6.07) is 12.4. The van der Waals surface area contributed by atoms with E-state index in [0.717, 1.165) is 11.3 Å². The zero-order valence-electron chi connectivity index (χ0n) is 10.4. The van der Waals surface area contributed by atoms with Crippen LogP contribution in [0.2, 0.25) is 0 Å². The summed E-state index contributed by atoms with van der Waals surface area (Å²) in [4.78, 5) is 0. The minimum atomic E-state index is -0.223. The van der Waals surface area contributed by atoms with Gasteiger partial charge >= 0.3 is 0 Å².